The second kappa shape index (κ2) is 4.36. The molecule has 1 aromatic heterocycles. The molecule has 0 N–H and O–H groups in total. The van der Waals surface area contributed by atoms with Crippen molar-refractivity contribution in [1.82, 2.24) is 4.98 Å². The third-order valence-corrected chi connectivity index (χ3v) is 3.05. The molecule has 5 heteroatoms. The minimum absolute atomic E-state index is 0.407. The van der Waals surface area contributed by atoms with Crippen LogP contribution in [0.2, 0.25) is 10.0 Å². The summed E-state index contributed by atoms with van der Waals surface area (Å²) >= 11 is 12.0. The van der Waals surface area contributed by atoms with Crippen LogP contribution in [0.15, 0.2) is 18.3 Å². The van der Waals surface area contributed by atoms with Gasteiger partial charge in [0, 0.05) is 17.6 Å². The molecule has 0 aliphatic heterocycles. The second-order valence-electron chi connectivity index (χ2n) is 3.15. The van der Waals surface area contributed by atoms with Gasteiger partial charge in [-0.15, -0.1) is 0 Å². The molecule has 0 radical (unpaired) electrons. The molecule has 16 heavy (non-hydrogen) atoms. The van der Waals surface area contributed by atoms with E-state index in [0.717, 1.165) is 0 Å². The van der Waals surface area contributed by atoms with Gasteiger partial charge in [-0.1, -0.05) is 23.2 Å². The molecule has 84 valence electrons. The molecule has 2 aromatic rings. The standard InChI is InChI=1S/C11H9Cl2NO2/c1-15-6-3-7-10(13)8(12)5-14-11(7)9(4-6)16-2/h3-5H,1-2H3. The van der Waals surface area contributed by atoms with Crippen molar-refractivity contribution in [2.45, 2.75) is 0 Å². The molecule has 0 saturated carbocycles. The van der Waals surface area contributed by atoms with Crippen LogP contribution in [0.4, 0.5) is 0 Å². The first-order valence-corrected chi connectivity index (χ1v) is 5.28. The van der Waals surface area contributed by atoms with Crippen molar-refractivity contribution in [3.63, 3.8) is 0 Å². The van der Waals surface area contributed by atoms with Crippen LogP contribution < -0.4 is 9.47 Å². The topological polar surface area (TPSA) is 31.4 Å². The lowest BCUT2D eigenvalue weighted by molar-refractivity contribution is 0.397. The van der Waals surface area contributed by atoms with Gasteiger partial charge in [-0.25, -0.2) is 0 Å². The fourth-order valence-corrected chi connectivity index (χ4v) is 1.81. The predicted molar refractivity (Wildman–Crippen MR) is 64.9 cm³/mol. The Morgan fingerprint density at radius 3 is 2.50 bits per heavy atom. The second-order valence-corrected chi connectivity index (χ2v) is 3.93. The molecular weight excluding hydrogens is 249 g/mol. The smallest absolute Gasteiger partial charge is 0.148 e. The molecule has 0 saturated heterocycles. The summed E-state index contributed by atoms with van der Waals surface area (Å²) in [6, 6.07) is 3.53. The molecule has 0 bridgehead atoms. The van der Waals surface area contributed by atoms with E-state index in [4.69, 9.17) is 32.7 Å². The summed E-state index contributed by atoms with van der Waals surface area (Å²) < 4.78 is 10.4. The monoisotopic (exact) mass is 257 g/mol. The van der Waals surface area contributed by atoms with E-state index in [0.29, 0.717) is 32.4 Å². The number of hydrogen-bond acceptors (Lipinski definition) is 3. The molecule has 0 aliphatic rings. The number of fused-ring (bicyclic) bond motifs is 1. The number of halogens is 2. The molecule has 2 rings (SSSR count). The highest BCUT2D eigenvalue weighted by atomic mass is 35.5. The van der Waals surface area contributed by atoms with E-state index in [1.807, 2.05) is 0 Å². The van der Waals surface area contributed by atoms with Gasteiger partial charge in [0.05, 0.1) is 24.3 Å². The van der Waals surface area contributed by atoms with Crippen LogP contribution in [0, 0.1) is 0 Å². The Morgan fingerprint density at radius 2 is 1.88 bits per heavy atom. The van der Waals surface area contributed by atoms with Crippen LogP contribution in [0.25, 0.3) is 10.9 Å². The van der Waals surface area contributed by atoms with Crippen molar-refractivity contribution in [3.05, 3.63) is 28.4 Å². The molecule has 1 aromatic carbocycles. The summed E-state index contributed by atoms with van der Waals surface area (Å²) in [6.07, 6.45) is 1.50. The number of benzene rings is 1. The van der Waals surface area contributed by atoms with Crippen LogP contribution in [0.5, 0.6) is 11.5 Å². The molecular formula is C11H9Cl2NO2. The highest BCUT2D eigenvalue weighted by Gasteiger charge is 2.11. The molecule has 0 atom stereocenters. The highest BCUT2D eigenvalue weighted by molar-refractivity contribution is 6.45. The quantitative estimate of drug-likeness (QED) is 0.825. The number of aromatic nitrogens is 1. The largest absolute Gasteiger partial charge is 0.497 e. The third kappa shape index (κ3) is 1.77. The lowest BCUT2D eigenvalue weighted by atomic mass is 10.2. The summed E-state index contributed by atoms with van der Waals surface area (Å²) in [5.74, 6) is 1.25. The Bertz CT molecular complexity index is 543. The van der Waals surface area contributed by atoms with Gasteiger partial charge < -0.3 is 9.47 Å². The van der Waals surface area contributed by atoms with Crippen molar-refractivity contribution in [1.29, 1.82) is 0 Å². The normalized spacial score (nSPS) is 10.5. The first-order valence-electron chi connectivity index (χ1n) is 4.53. The summed E-state index contributed by atoms with van der Waals surface area (Å²) in [5.41, 5.74) is 0.665. The van der Waals surface area contributed by atoms with Crippen LogP contribution in [-0.4, -0.2) is 19.2 Å². The average molecular weight is 258 g/mol. The molecule has 0 aliphatic carbocycles. The van der Waals surface area contributed by atoms with E-state index < -0.39 is 0 Å². The van der Waals surface area contributed by atoms with E-state index in [2.05, 4.69) is 4.98 Å². The van der Waals surface area contributed by atoms with Crippen LogP contribution in [0.3, 0.4) is 0 Å². The number of hydrogen-bond donors (Lipinski definition) is 0. The first kappa shape index (κ1) is 11.3. The number of ether oxygens (including phenoxy) is 2. The van der Waals surface area contributed by atoms with E-state index in [1.54, 1.807) is 26.4 Å². The lowest BCUT2D eigenvalue weighted by Gasteiger charge is -2.09. The van der Waals surface area contributed by atoms with Crippen molar-refractivity contribution >= 4 is 34.1 Å². The van der Waals surface area contributed by atoms with Crippen molar-refractivity contribution < 1.29 is 9.47 Å². The Kier molecular flexibility index (Phi) is 3.08. The summed E-state index contributed by atoms with van der Waals surface area (Å²) in [7, 11) is 3.14. The van der Waals surface area contributed by atoms with Gasteiger partial charge in [0.1, 0.15) is 17.0 Å². The maximum Gasteiger partial charge on any atom is 0.148 e. The zero-order chi connectivity index (χ0) is 11.7. The summed E-state index contributed by atoms with van der Waals surface area (Å²) in [4.78, 5) is 4.19. The Morgan fingerprint density at radius 1 is 1.12 bits per heavy atom. The number of nitrogens with zero attached hydrogens (tertiary/aromatic N) is 1. The minimum atomic E-state index is 0.407. The van der Waals surface area contributed by atoms with E-state index in [9.17, 15) is 0 Å². The van der Waals surface area contributed by atoms with Crippen molar-refractivity contribution in [3.8, 4) is 11.5 Å². The van der Waals surface area contributed by atoms with Gasteiger partial charge in [0.25, 0.3) is 0 Å². The van der Waals surface area contributed by atoms with Crippen molar-refractivity contribution in [2.75, 3.05) is 14.2 Å². The van der Waals surface area contributed by atoms with Crippen LogP contribution in [-0.2, 0) is 0 Å². The number of pyridine rings is 1. The van der Waals surface area contributed by atoms with E-state index >= 15 is 0 Å². The summed E-state index contributed by atoms with van der Waals surface area (Å²) in [5, 5.41) is 1.57. The molecule has 0 fully saturated rings. The Labute approximate surface area is 103 Å². The Hall–Kier alpha value is -1.19. The summed E-state index contributed by atoms with van der Waals surface area (Å²) in [6.45, 7) is 0. The molecule has 1 heterocycles. The van der Waals surface area contributed by atoms with E-state index in [1.165, 1.54) is 6.20 Å². The van der Waals surface area contributed by atoms with Gasteiger partial charge in [-0.2, -0.15) is 0 Å². The van der Waals surface area contributed by atoms with Gasteiger partial charge in [0.15, 0.2) is 0 Å². The third-order valence-electron chi connectivity index (χ3n) is 2.26. The number of methoxy groups -OCH3 is 2. The van der Waals surface area contributed by atoms with Gasteiger partial charge >= 0.3 is 0 Å². The highest BCUT2D eigenvalue weighted by Crippen LogP contribution is 2.36. The Balaban J connectivity index is 2.84. The van der Waals surface area contributed by atoms with Crippen molar-refractivity contribution in [2.24, 2.45) is 0 Å². The molecule has 0 spiro atoms. The molecule has 0 unspecified atom stereocenters. The van der Waals surface area contributed by atoms with Gasteiger partial charge in [0.2, 0.25) is 0 Å². The molecule has 3 nitrogen and oxygen atoms in total. The predicted octanol–water partition coefficient (Wildman–Crippen LogP) is 3.56. The maximum atomic E-state index is 6.10. The molecule has 0 amide bonds. The maximum absolute atomic E-state index is 6.10. The minimum Gasteiger partial charge on any atom is -0.497 e. The van der Waals surface area contributed by atoms with Gasteiger partial charge in [-0.05, 0) is 6.07 Å². The number of rotatable bonds is 2. The fourth-order valence-electron chi connectivity index (χ4n) is 1.46. The average Bonchev–Trinajstić information content (AvgIpc) is 2.32. The SMILES string of the molecule is COc1cc(OC)c2ncc(Cl)c(Cl)c2c1. The fraction of sp³-hybridized carbons (Fsp3) is 0.182. The van der Waals surface area contributed by atoms with Crippen LogP contribution in [0.1, 0.15) is 0 Å². The lowest BCUT2D eigenvalue weighted by Crippen LogP contribution is -1.91. The van der Waals surface area contributed by atoms with E-state index in [-0.39, 0.29) is 0 Å². The van der Waals surface area contributed by atoms with Gasteiger partial charge in [-0.3, -0.25) is 4.98 Å². The zero-order valence-electron chi connectivity index (χ0n) is 8.75. The first-order chi connectivity index (χ1) is 7.67. The zero-order valence-corrected chi connectivity index (χ0v) is 10.3. The van der Waals surface area contributed by atoms with Crippen LogP contribution >= 0.6 is 23.2 Å².